The molecule has 442 valence electrons. The summed E-state index contributed by atoms with van der Waals surface area (Å²) in [7, 11) is 3.58. The van der Waals surface area contributed by atoms with E-state index in [0.29, 0.717) is 60.9 Å². The number of likely N-dealkylation sites (tertiary alicyclic amines) is 2. The largest absolute Gasteiger partial charge is 0.518 e. The molecule has 4 aromatic carbocycles. The Morgan fingerprint density at radius 3 is 1.41 bits per heavy atom. The predicted molar refractivity (Wildman–Crippen MR) is 316 cm³/mol. The van der Waals surface area contributed by atoms with E-state index in [4.69, 9.17) is 25.2 Å². The van der Waals surface area contributed by atoms with E-state index in [9.17, 15) is 24.0 Å². The van der Waals surface area contributed by atoms with Crippen LogP contribution in [0.4, 0.5) is 9.59 Å². The molecule has 2 saturated carbocycles. The molecule has 2 saturated heterocycles. The molecule has 12 rings (SSSR count). The van der Waals surface area contributed by atoms with Crippen LogP contribution in [0.3, 0.4) is 0 Å². The summed E-state index contributed by atoms with van der Waals surface area (Å²) < 4.78 is 16.7. The highest BCUT2D eigenvalue weighted by atomic mass is 16.8. The van der Waals surface area contributed by atoms with E-state index in [0.717, 1.165) is 147 Å². The first-order valence-electron chi connectivity index (χ1n) is 29.7. The van der Waals surface area contributed by atoms with Crippen molar-refractivity contribution >= 4 is 30.1 Å². The van der Waals surface area contributed by atoms with Crippen molar-refractivity contribution in [2.24, 2.45) is 0 Å². The molecule has 2 aliphatic carbocycles. The highest BCUT2D eigenvalue weighted by Gasteiger charge is 2.34. The Kier molecular flexibility index (Phi) is 18.9. The maximum absolute atomic E-state index is 13.8. The average Bonchev–Trinajstić information content (AvgIpc) is 4.31. The lowest BCUT2D eigenvalue weighted by Gasteiger charge is -2.33. The second-order valence-electron chi connectivity index (χ2n) is 23.0. The van der Waals surface area contributed by atoms with Gasteiger partial charge in [0.25, 0.3) is 11.8 Å². The van der Waals surface area contributed by atoms with Crippen LogP contribution in [-0.4, -0.2) is 120 Å². The summed E-state index contributed by atoms with van der Waals surface area (Å²) in [5.74, 6) is 3.47. The Morgan fingerprint density at radius 2 is 1.01 bits per heavy atom. The van der Waals surface area contributed by atoms with Crippen molar-refractivity contribution in [2.45, 2.75) is 134 Å². The molecule has 4 fully saturated rings. The topological polar surface area (TPSA) is 258 Å². The molecule has 4 aliphatic heterocycles. The number of nitrogens with one attached hydrogen (secondary N) is 4. The number of nitrogens with zero attached hydrogens (tertiary/aromatic N) is 6. The van der Waals surface area contributed by atoms with Gasteiger partial charge in [0.1, 0.15) is 17.7 Å². The van der Waals surface area contributed by atoms with Crippen LogP contribution in [0.1, 0.15) is 176 Å². The SMILES string of the molecule is COC(=O)C1Cc2nc(-c3cc(C(=O)N4CCC(c5ccc(C#N)cc5)CC4)c(C)cc3C3CCC3)[nH]c2CN1.COC(=O)OC(=O)OC.Cc1cc(C2CCC2)c(-c2nc3c([nH]2)CNCC3)cc1C(=O)N1CCC(c2ccc(C#N)cc2)CC1. The third-order valence-electron chi connectivity index (χ3n) is 17.9. The zero-order valence-corrected chi connectivity index (χ0v) is 49.1. The number of fused-ring (bicyclic) bond motifs is 2. The van der Waals surface area contributed by atoms with Gasteiger partial charge < -0.3 is 44.0 Å². The number of benzene rings is 4. The number of aromatic nitrogens is 4. The number of imidazole rings is 2. The lowest BCUT2D eigenvalue weighted by atomic mass is 9.77. The lowest BCUT2D eigenvalue weighted by molar-refractivity contribution is -0.143. The van der Waals surface area contributed by atoms with Gasteiger partial charge in [-0.1, -0.05) is 49.2 Å². The van der Waals surface area contributed by atoms with Crippen molar-refractivity contribution in [2.75, 3.05) is 54.1 Å². The van der Waals surface area contributed by atoms with E-state index in [1.54, 1.807) is 0 Å². The van der Waals surface area contributed by atoms with Crippen LogP contribution in [0.5, 0.6) is 0 Å². The number of aromatic amines is 2. The zero-order chi connectivity index (χ0) is 59.7. The van der Waals surface area contributed by atoms with Crippen molar-refractivity contribution in [1.82, 2.24) is 40.4 Å². The molecule has 6 aromatic rings. The molecule has 0 bridgehead atoms. The molecule has 19 heteroatoms. The van der Waals surface area contributed by atoms with Gasteiger partial charge in [-0.05, 0) is 159 Å². The van der Waals surface area contributed by atoms with Crippen molar-refractivity contribution < 1.29 is 42.9 Å². The summed E-state index contributed by atoms with van der Waals surface area (Å²) in [6.07, 6.45) is 10.2. The van der Waals surface area contributed by atoms with Crippen molar-refractivity contribution in [3.8, 4) is 34.9 Å². The van der Waals surface area contributed by atoms with Crippen LogP contribution in [0.25, 0.3) is 22.8 Å². The van der Waals surface area contributed by atoms with Gasteiger partial charge in [0.15, 0.2) is 0 Å². The van der Waals surface area contributed by atoms with E-state index < -0.39 is 18.4 Å². The quantitative estimate of drug-likeness (QED) is 0.0596. The number of rotatable bonds is 9. The number of carbonyl (C=O) groups excluding carboxylic acids is 5. The lowest BCUT2D eigenvalue weighted by Crippen LogP contribution is -2.42. The van der Waals surface area contributed by atoms with Gasteiger partial charge in [-0.25, -0.2) is 19.6 Å². The molecular formula is C66H74N10O9. The molecule has 2 amide bonds. The first kappa shape index (κ1) is 59.5. The number of aryl methyl sites for hydroxylation is 2. The summed E-state index contributed by atoms with van der Waals surface area (Å²) in [5, 5.41) is 24.8. The minimum atomic E-state index is -1.08. The van der Waals surface area contributed by atoms with Crippen LogP contribution < -0.4 is 10.6 Å². The fourth-order valence-corrected chi connectivity index (χ4v) is 12.5. The number of esters is 1. The number of nitriles is 2. The maximum atomic E-state index is 13.8. The van der Waals surface area contributed by atoms with Crippen molar-refractivity contribution in [3.63, 3.8) is 0 Å². The number of amides is 2. The Bertz CT molecular complexity index is 3480. The average molecular weight is 1150 g/mol. The van der Waals surface area contributed by atoms with E-state index in [-0.39, 0.29) is 17.8 Å². The highest BCUT2D eigenvalue weighted by Crippen LogP contribution is 2.44. The molecule has 0 radical (unpaired) electrons. The van der Waals surface area contributed by atoms with Gasteiger partial charge in [0.2, 0.25) is 0 Å². The summed E-state index contributed by atoms with van der Waals surface area (Å²) in [6, 6.07) is 28.3. The summed E-state index contributed by atoms with van der Waals surface area (Å²) in [5.41, 5.74) is 16.4. The molecule has 1 atom stereocenters. The minimum Gasteiger partial charge on any atom is -0.468 e. The number of H-pyrrole nitrogens is 2. The predicted octanol–water partition coefficient (Wildman–Crippen LogP) is 10.5. The fourth-order valence-electron chi connectivity index (χ4n) is 12.5. The molecule has 19 nitrogen and oxygen atoms in total. The van der Waals surface area contributed by atoms with Crippen LogP contribution in [0.15, 0.2) is 72.8 Å². The molecule has 4 N–H and O–H groups in total. The van der Waals surface area contributed by atoms with Crippen LogP contribution in [-0.2, 0) is 49.7 Å². The number of carbonyl (C=O) groups is 5. The number of hydrogen-bond donors (Lipinski definition) is 4. The number of ether oxygens (including phenoxy) is 4. The van der Waals surface area contributed by atoms with E-state index in [1.165, 1.54) is 60.7 Å². The summed E-state index contributed by atoms with van der Waals surface area (Å²) >= 11 is 0. The normalized spacial score (nSPS) is 17.8. The Balaban J connectivity index is 0.000000166. The van der Waals surface area contributed by atoms with Crippen LogP contribution in [0.2, 0.25) is 0 Å². The Labute approximate surface area is 495 Å². The van der Waals surface area contributed by atoms with E-state index in [1.807, 2.05) is 59.2 Å². The molecule has 0 spiro atoms. The van der Waals surface area contributed by atoms with E-state index in [2.05, 4.69) is 84.2 Å². The van der Waals surface area contributed by atoms with Gasteiger partial charge in [0, 0.05) is 80.9 Å². The van der Waals surface area contributed by atoms with Gasteiger partial charge in [-0.2, -0.15) is 10.5 Å². The van der Waals surface area contributed by atoms with Crippen LogP contribution >= 0.6 is 0 Å². The van der Waals surface area contributed by atoms with Gasteiger partial charge in [-0.15, -0.1) is 0 Å². The van der Waals surface area contributed by atoms with Gasteiger partial charge >= 0.3 is 18.3 Å². The third kappa shape index (κ3) is 13.5. The molecule has 6 aliphatic rings. The van der Waals surface area contributed by atoms with Crippen molar-refractivity contribution in [1.29, 1.82) is 10.5 Å². The summed E-state index contributed by atoms with van der Waals surface area (Å²) in [4.78, 5) is 80.7. The molecule has 2 aromatic heterocycles. The third-order valence-corrected chi connectivity index (χ3v) is 17.9. The van der Waals surface area contributed by atoms with Crippen molar-refractivity contribution in [3.05, 3.63) is 151 Å². The second kappa shape index (κ2) is 26.9. The first-order valence-corrected chi connectivity index (χ1v) is 29.7. The Morgan fingerprint density at radius 1 is 0.565 bits per heavy atom. The first-order chi connectivity index (χ1) is 41.2. The van der Waals surface area contributed by atoms with Crippen LogP contribution in [0, 0.1) is 36.5 Å². The smallest absolute Gasteiger partial charge is 0.468 e. The molecular weight excluding hydrogens is 1080 g/mol. The maximum Gasteiger partial charge on any atom is 0.518 e. The fraction of sp³-hybridized carbons (Fsp3) is 0.439. The summed E-state index contributed by atoms with van der Waals surface area (Å²) in [6.45, 7) is 9.35. The van der Waals surface area contributed by atoms with E-state index >= 15 is 0 Å². The van der Waals surface area contributed by atoms with Gasteiger partial charge in [-0.3, -0.25) is 19.7 Å². The Hall–Kier alpha value is -8.65. The monoisotopic (exact) mass is 1150 g/mol. The minimum absolute atomic E-state index is 0.0703. The molecule has 6 heterocycles. The highest BCUT2D eigenvalue weighted by molar-refractivity contribution is 5.98. The second-order valence-corrected chi connectivity index (χ2v) is 23.0. The number of methoxy groups -OCH3 is 3. The van der Waals surface area contributed by atoms with Gasteiger partial charge in [0.05, 0.1) is 67.4 Å². The standard InChI is InChI=1S/C32H35N5O3.C30H33N5O.C4H6O5/c1-19-14-25(23-4-3-5-23)26(30-35-27-16-28(32(39)40-2)34-18-29(27)36-30)15-24(19)31(38)37-12-10-22(11-13-37)21-8-6-20(17-33)7-9-21;1-19-15-25(23-3-2-4-23)26(29-33-27-9-12-32-18-28(27)34-29)16-24(19)30(36)35-13-10-22(11-14-35)21-7-5-20(17-31)6-8-21;1-7-3(5)9-4(6)8-2/h6-9,14-15,22-23,28,34H,3-5,10-13,16,18H2,1-2H3,(H,35,36);5-8,15-16,22-23,32H,2-4,9-14,18H2,1H3,(H,33,34);1-2H3. The number of hydrogen-bond acceptors (Lipinski definition) is 15. The molecule has 85 heavy (non-hydrogen) atoms. The zero-order valence-electron chi connectivity index (χ0n) is 49.1. The molecule has 1 unspecified atom stereocenters. The number of piperidine rings is 2.